The lowest BCUT2D eigenvalue weighted by Crippen LogP contribution is -2.74. The highest BCUT2D eigenvalue weighted by Gasteiger charge is 2.64. The first kappa shape index (κ1) is 58.3. The third kappa shape index (κ3) is 12.6. The lowest BCUT2D eigenvalue weighted by molar-refractivity contribution is -0.164. The molecule has 4 aromatic rings. The number of aliphatic hydroxyl groups excluding tert-OH is 1. The van der Waals surface area contributed by atoms with Crippen molar-refractivity contribution < 1.29 is 38.2 Å². The highest BCUT2D eigenvalue weighted by Crippen LogP contribution is 2.56. The molecular formula is C62H74ClFN8O7S. The van der Waals surface area contributed by atoms with E-state index in [0.717, 1.165) is 60.5 Å². The quantitative estimate of drug-likeness (QED) is 0.0708. The molecule has 0 unspecified atom stereocenters. The first-order valence-corrected chi connectivity index (χ1v) is 29.2. The first-order chi connectivity index (χ1) is 37.9. The second kappa shape index (κ2) is 23.2. The number of likely N-dealkylation sites (tertiary alicyclic amines) is 3. The zero-order valence-corrected chi connectivity index (χ0v) is 48.6. The number of benzene rings is 3. The topological polar surface area (TPSA) is 178 Å². The molecular weight excluding hydrogens is 1060 g/mol. The van der Waals surface area contributed by atoms with Crippen molar-refractivity contribution in [1.29, 1.82) is 0 Å². The van der Waals surface area contributed by atoms with Crippen LogP contribution in [0.3, 0.4) is 0 Å². The number of alkyl halides is 1. The van der Waals surface area contributed by atoms with Gasteiger partial charge in [-0.05, 0) is 111 Å². The van der Waals surface area contributed by atoms with Crippen LogP contribution in [0.4, 0.5) is 10.1 Å². The lowest BCUT2D eigenvalue weighted by atomic mass is 9.49. The number of hydrogen-bond acceptors (Lipinski definition) is 10. The zero-order valence-electron chi connectivity index (χ0n) is 47.0. The van der Waals surface area contributed by atoms with Gasteiger partial charge < -0.3 is 40.5 Å². The van der Waals surface area contributed by atoms with E-state index in [4.69, 9.17) is 22.9 Å². The number of piperidine rings is 2. The number of rotatable bonds is 14. The van der Waals surface area contributed by atoms with Crippen molar-refractivity contribution in [2.45, 2.75) is 155 Å². The Kier molecular flexibility index (Phi) is 16.9. The molecule has 5 aliphatic rings. The number of nitrogens with one attached hydrogen (secondary N) is 3. The standard InChI is InChI=1S/C62H74ClFN8O7S/c1-37-51(80-36-66-37)41-18-16-40(17-19-41)48(67-54(76)49-32-44(73)35-72(49)55(77)52(59(2,3)4)68-58(78)62(64)26-27-62)34-50(74)71-30-24-43(25-31-71)70-28-22-39(23-29-70)11-10-38-12-14-42(15-13-38)53(75)69-56-60(5,6)57(61(56,7)8)79-45-20-21-47(65-9)46(63)33-45/h12-21,33,36,39,43-44,48-49,52,56-57,73H,22-32,34-35H2,1-8H3,(H,67,76)(H,68,78)(H,69,75)/t44-,48+,49+,52+,56?,57?/m1/s1. The van der Waals surface area contributed by atoms with E-state index >= 15 is 0 Å². The predicted octanol–water partition coefficient (Wildman–Crippen LogP) is 9.23. The van der Waals surface area contributed by atoms with Crippen molar-refractivity contribution in [3.05, 3.63) is 111 Å². The van der Waals surface area contributed by atoms with Gasteiger partial charge in [-0.3, -0.25) is 24.0 Å². The number of thiazole rings is 1. The van der Waals surface area contributed by atoms with E-state index in [-0.39, 0.29) is 72.9 Å². The minimum absolute atomic E-state index is 0.0225. The van der Waals surface area contributed by atoms with Crippen LogP contribution in [0.5, 0.6) is 5.75 Å². The molecule has 5 fully saturated rings. The number of carbonyl (C=O) groups is 5. The van der Waals surface area contributed by atoms with Crippen molar-refractivity contribution in [1.82, 2.24) is 35.6 Å². The van der Waals surface area contributed by atoms with Crippen LogP contribution in [0, 0.1) is 47.5 Å². The Bertz CT molecular complexity index is 3070. The van der Waals surface area contributed by atoms with Gasteiger partial charge in [-0.25, -0.2) is 14.2 Å². The van der Waals surface area contributed by atoms with E-state index in [9.17, 15) is 33.5 Å². The fourth-order valence-electron chi connectivity index (χ4n) is 12.6. The average molecular weight is 1130 g/mol. The Morgan fingerprint density at radius 1 is 0.938 bits per heavy atom. The van der Waals surface area contributed by atoms with E-state index in [1.165, 1.54) is 16.2 Å². The Balaban J connectivity index is 0.771. The van der Waals surface area contributed by atoms with Crippen LogP contribution in [0.2, 0.25) is 5.02 Å². The molecule has 9 rings (SSSR count). The summed E-state index contributed by atoms with van der Waals surface area (Å²) in [4.78, 5) is 83.9. The molecule has 4 atom stereocenters. The maximum Gasteiger partial charge on any atom is 0.258 e. The van der Waals surface area contributed by atoms with Gasteiger partial charge in [0.1, 0.15) is 23.9 Å². The summed E-state index contributed by atoms with van der Waals surface area (Å²) in [5.41, 5.74) is 2.52. The summed E-state index contributed by atoms with van der Waals surface area (Å²) < 4.78 is 21.2. The maximum absolute atomic E-state index is 14.8. The number of amides is 5. The summed E-state index contributed by atoms with van der Waals surface area (Å²) in [5.74, 6) is 5.44. The van der Waals surface area contributed by atoms with Gasteiger partial charge in [-0.2, -0.15) is 0 Å². The molecule has 80 heavy (non-hydrogen) atoms. The molecule has 3 aliphatic heterocycles. The number of aromatic nitrogens is 1. The summed E-state index contributed by atoms with van der Waals surface area (Å²) in [5, 5.41) is 20.2. The molecule has 1 aromatic heterocycles. The number of ether oxygens (including phenoxy) is 1. The van der Waals surface area contributed by atoms with Gasteiger partial charge in [0.05, 0.1) is 46.2 Å². The first-order valence-electron chi connectivity index (χ1n) is 27.9. The minimum atomic E-state index is -2.01. The Labute approximate surface area is 478 Å². The second-order valence-corrected chi connectivity index (χ2v) is 26.1. The van der Waals surface area contributed by atoms with Crippen LogP contribution < -0.4 is 20.7 Å². The molecule has 0 spiro atoms. The molecule has 2 saturated carbocycles. The largest absolute Gasteiger partial charge is 0.489 e. The molecule has 0 radical (unpaired) electrons. The van der Waals surface area contributed by atoms with Crippen molar-refractivity contribution in [3.63, 3.8) is 0 Å². The van der Waals surface area contributed by atoms with Gasteiger partial charge in [0.25, 0.3) is 11.8 Å². The molecule has 5 amide bonds. The van der Waals surface area contributed by atoms with Crippen molar-refractivity contribution in [3.8, 4) is 28.0 Å². The van der Waals surface area contributed by atoms with E-state index in [1.54, 1.807) is 44.5 Å². The highest BCUT2D eigenvalue weighted by atomic mass is 35.5. The number of hydrogen-bond donors (Lipinski definition) is 4. The van der Waals surface area contributed by atoms with Crippen LogP contribution in [0.1, 0.15) is 133 Å². The van der Waals surface area contributed by atoms with E-state index in [1.807, 2.05) is 60.4 Å². The number of carbonyl (C=O) groups excluding carboxylic acids is 5. The predicted molar refractivity (Wildman–Crippen MR) is 307 cm³/mol. The van der Waals surface area contributed by atoms with Crippen molar-refractivity contribution in [2.24, 2.45) is 22.2 Å². The third-order valence-corrected chi connectivity index (χ3v) is 18.5. The molecule has 2 aliphatic carbocycles. The SMILES string of the molecule is [C-]#[N+]c1ccc(OC2C(C)(C)C(NC(=O)c3ccc(C#CC4CCN(C5CCN(C(=O)C[C@H](NC(=O)[C@@H]6C[C@@H](O)CN6C(=O)[C@H](NC(=O)C6(F)CC6)C(C)(C)C)c6ccc(-c7scnc7C)cc6)CC5)CC4)cc3)C2(C)C)cc1Cl. The van der Waals surface area contributed by atoms with Crippen LogP contribution >= 0.6 is 22.9 Å². The van der Waals surface area contributed by atoms with Gasteiger partial charge in [0.2, 0.25) is 23.4 Å². The summed E-state index contributed by atoms with van der Waals surface area (Å²) in [6, 6.07) is 17.4. The van der Waals surface area contributed by atoms with Gasteiger partial charge in [0.15, 0.2) is 5.67 Å². The Hall–Kier alpha value is -6.37. The summed E-state index contributed by atoms with van der Waals surface area (Å²) in [7, 11) is 0. The van der Waals surface area contributed by atoms with Gasteiger partial charge in [0, 0.05) is 66.0 Å². The van der Waals surface area contributed by atoms with Gasteiger partial charge in [-0.1, -0.05) is 102 Å². The number of β-amino-alcohol motifs (C(OH)–C–C–N with tert-alkyl or cyclic N) is 1. The van der Waals surface area contributed by atoms with E-state index < -0.39 is 53.0 Å². The van der Waals surface area contributed by atoms with Crippen LogP contribution in [-0.4, -0.2) is 129 Å². The smallest absolute Gasteiger partial charge is 0.258 e. The molecule has 424 valence electrons. The summed E-state index contributed by atoms with van der Waals surface area (Å²) >= 11 is 7.81. The normalized spacial score (nSPS) is 23.3. The number of aliphatic hydroxyl groups is 1. The number of nitrogens with zero attached hydrogens (tertiary/aromatic N) is 5. The molecule has 15 nitrogen and oxygen atoms in total. The summed E-state index contributed by atoms with van der Waals surface area (Å²) in [6.07, 6.45) is 2.38. The van der Waals surface area contributed by atoms with Crippen LogP contribution in [0.25, 0.3) is 15.3 Å². The second-order valence-electron chi connectivity index (χ2n) is 24.8. The van der Waals surface area contributed by atoms with Gasteiger partial charge >= 0.3 is 0 Å². The Morgan fingerprint density at radius 3 is 2.19 bits per heavy atom. The van der Waals surface area contributed by atoms with Crippen LogP contribution in [-0.2, 0) is 19.2 Å². The molecule has 3 aromatic carbocycles. The molecule has 0 bridgehead atoms. The van der Waals surface area contributed by atoms with E-state index in [2.05, 4.69) is 70.2 Å². The zero-order chi connectivity index (χ0) is 57.5. The molecule has 18 heteroatoms. The van der Waals surface area contributed by atoms with Gasteiger partial charge in [-0.15, -0.1) is 11.3 Å². The lowest BCUT2D eigenvalue weighted by Gasteiger charge is -2.63. The average Bonchev–Trinajstić information content (AvgIpc) is 3.95. The molecule has 3 saturated heterocycles. The van der Waals surface area contributed by atoms with Crippen molar-refractivity contribution in [2.75, 3.05) is 32.7 Å². The van der Waals surface area contributed by atoms with Crippen molar-refractivity contribution >= 4 is 58.2 Å². The Morgan fingerprint density at radius 2 is 1.60 bits per heavy atom. The van der Waals surface area contributed by atoms with E-state index in [0.29, 0.717) is 46.7 Å². The number of halogens is 2. The van der Waals surface area contributed by atoms with Crippen LogP contribution in [0.15, 0.2) is 72.2 Å². The summed E-state index contributed by atoms with van der Waals surface area (Å²) in [6.45, 7) is 25.6. The minimum Gasteiger partial charge on any atom is -0.489 e. The fraction of sp³-hybridized carbons (Fsp3) is 0.532. The molecule has 4 heterocycles. The number of aryl methyl sites for hydroxylation is 1. The monoisotopic (exact) mass is 1130 g/mol. The molecule has 4 N–H and O–H groups in total. The fourth-order valence-corrected chi connectivity index (χ4v) is 13.6. The maximum atomic E-state index is 14.8. The highest BCUT2D eigenvalue weighted by molar-refractivity contribution is 7.13. The third-order valence-electron chi connectivity index (χ3n) is 17.2.